The van der Waals surface area contributed by atoms with E-state index in [2.05, 4.69) is 57.5 Å². The van der Waals surface area contributed by atoms with Crippen molar-refractivity contribution >= 4 is 14.3 Å². The summed E-state index contributed by atoms with van der Waals surface area (Å²) in [6, 6.07) is 7.82. The van der Waals surface area contributed by atoms with E-state index < -0.39 is 14.3 Å². The molecule has 0 radical (unpaired) electrons. The van der Waals surface area contributed by atoms with Gasteiger partial charge in [0, 0.05) is 25.9 Å². The summed E-state index contributed by atoms with van der Waals surface area (Å²) >= 11 is 0. The van der Waals surface area contributed by atoms with Crippen molar-refractivity contribution in [3.05, 3.63) is 29.8 Å². The lowest BCUT2D eigenvalue weighted by molar-refractivity contribution is -0.136. The zero-order valence-corrected chi connectivity index (χ0v) is 21.8. The molecule has 5 nitrogen and oxygen atoms in total. The van der Waals surface area contributed by atoms with Crippen LogP contribution in [-0.2, 0) is 18.7 Å². The third-order valence-electron chi connectivity index (χ3n) is 5.55. The van der Waals surface area contributed by atoms with Crippen molar-refractivity contribution in [2.45, 2.75) is 77.3 Å². The van der Waals surface area contributed by atoms with E-state index in [0.29, 0.717) is 25.9 Å². The molecule has 6 heteroatoms. The van der Waals surface area contributed by atoms with E-state index in [1.54, 1.807) is 21.1 Å². The van der Waals surface area contributed by atoms with Gasteiger partial charge in [0.25, 0.3) is 0 Å². The molecule has 0 aliphatic heterocycles. The van der Waals surface area contributed by atoms with E-state index in [-0.39, 0.29) is 17.2 Å². The number of esters is 1. The van der Waals surface area contributed by atoms with Crippen molar-refractivity contribution < 1.29 is 23.4 Å². The SMILES string of the molecule is CCOC(=O)C#CC(CCC#CCC(OC)c1cccc(OC)c1)O[Si](C)(C)C(C)(C)C. The average molecular weight is 459 g/mol. The van der Waals surface area contributed by atoms with Crippen molar-refractivity contribution in [3.8, 4) is 29.4 Å². The van der Waals surface area contributed by atoms with Crippen molar-refractivity contribution in [1.82, 2.24) is 0 Å². The summed E-state index contributed by atoms with van der Waals surface area (Å²) in [5.74, 6) is 12.2. The lowest BCUT2D eigenvalue weighted by atomic mass is 10.1. The first-order chi connectivity index (χ1) is 15.0. The molecular weight excluding hydrogens is 420 g/mol. The average Bonchev–Trinajstić information content (AvgIpc) is 2.73. The molecule has 1 aromatic rings. The largest absolute Gasteiger partial charge is 0.497 e. The highest BCUT2D eigenvalue weighted by Crippen LogP contribution is 2.37. The Hall–Kier alpha value is -2.25. The molecule has 0 saturated carbocycles. The smallest absolute Gasteiger partial charge is 0.384 e. The fourth-order valence-electron chi connectivity index (χ4n) is 2.64. The van der Waals surface area contributed by atoms with Crippen LogP contribution in [0.5, 0.6) is 5.75 Å². The zero-order chi connectivity index (χ0) is 24.2. The number of hydrogen-bond acceptors (Lipinski definition) is 5. The minimum absolute atomic E-state index is 0.0466. The number of rotatable bonds is 9. The first kappa shape index (κ1) is 27.8. The zero-order valence-electron chi connectivity index (χ0n) is 20.8. The molecule has 0 bridgehead atoms. The summed E-state index contributed by atoms with van der Waals surface area (Å²) in [6.07, 6.45) is 1.34. The van der Waals surface area contributed by atoms with Crippen LogP contribution in [0.1, 0.15) is 58.6 Å². The molecule has 32 heavy (non-hydrogen) atoms. The Morgan fingerprint density at radius 2 is 1.88 bits per heavy atom. The van der Waals surface area contributed by atoms with E-state index in [4.69, 9.17) is 18.6 Å². The Labute approximate surface area is 195 Å². The van der Waals surface area contributed by atoms with Gasteiger partial charge in [0.2, 0.25) is 0 Å². The summed E-state index contributed by atoms with van der Waals surface area (Å²) < 4.78 is 22.2. The number of carbonyl (C=O) groups is 1. The molecule has 0 aliphatic rings. The lowest BCUT2D eigenvalue weighted by Gasteiger charge is -2.38. The second kappa shape index (κ2) is 13.3. The maximum atomic E-state index is 11.7. The highest BCUT2D eigenvalue weighted by Gasteiger charge is 2.38. The Kier molecular flexibility index (Phi) is 11.6. The summed E-state index contributed by atoms with van der Waals surface area (Å²) in [6.45, 7) is 13.0. The Morgan fingerprint density at radius 1 is 1.16 bits per heavy atom. The molecule has 0 saturated heterocycles. The summed E-state index contributed by atoms with van der Waals surface area (Å²) in [4.78, 5) is 11.7. The molecule has 2 atom stereocenters. The van der Waals surface area contributed by atoms with Crippen LogP contribution in [0, 0.1) is 23.7 Å². The van der Waals surface area contributed by atoms with Gasteiger partial charge in [-0.3, -0.25) is 0 Å². The topological polar surface area (TPSA) is 54.0 Å². The maximum Gasteiger partial charge on any atom is 0.384 e. The molecule has 0 amide bonds. The van der Waals surface area contributed by atoms with Gasteiger partial charge in [-0.25, -0.2) is 4.79 Å². The van der Waals surface area contributed by atoms with Crippen molar-refractivity contribution in [3.63, 3.8) is 0 Å². The summed E-state index contributed by atoms with van der Waals surface area (Å²) in [7, 11) is 1.29. The van der Waals surface area contributed by atoms with Gasteiger partial charge >= 0.3 is 5.97 Å². The fraction of sp³-hybridized carbons (Fsp3) is 0.577. The highest BCUT2D eigenvalue weighted by atomic mass is 28.4. The molecule has 1 rings (SSSR count). The standard InChI is InChI=1S/C26H38O5Si/c1-9-30-25(27)19-18-22(31-32(7,8)26(2,3)4)15-11-10-12-17-24(29-6)21-14-13-16-23(20-21)28-5/h13-14,16,20,22,24H,9,11,15,17H2,1-8H3. The molecule has 1 aromatic carbocycles. The van der Waals surface area contributed by atoms with Crippen LogP contribution in [-0.4, -0.2) is 41.2 Å². The van der Waals surface area contributed by atoms with Crippen LogP contribution < -0.4 is 4.74 Å². The summed E-state index contributed by atoms with van der Waals surface area (Å²) in [5.41, 5.74) is 1.03. The van der Waals surface area contributed by atoms with Gasteiger partial charge < -0.3 is 18.6 Å². The molecule has 0 aliphatic carbocycles. The van der Waals surface area contributed by atoms with Crippen molar-refractivity contribution in [1.29, 1.82) is 0 Å². The van der Waals surface area contributed by atoms with Crippen LogP contribution >= 0.6 is 0 Å². The fourth-order valence-corrected chi connectivity index (χ4v) is 3.88. The molecule has 0 heterocycles. The number of ether oxygens (including phenoxy) is 3. The third-order valence-corrected chi connectivity index (χ3v) is 10.0. The number of hydrogen-bond donors (Lipinski definition) is 0. The monoisotopic (exact) mass is 458 g/mol. The summed E-state index contributed by atoms with van der Waals surface area (Å²) in [5, 5.41) is 0.0466. The van der Waals surface area contributed by atoms with E-state index in [9.17, 15) is 4.79 Å². The van der Waals surface area contributed by atoms with E-state index >= 15 is 0 Å². The Morgan fingerprint density at radius 3 is 2.47 bits per heavy atom. The van der Waals surface area contributed by atoms with Crippen molar-refractivity contribution in [2.24, 2.45) is 0 Å². The number of benzene rings is 1. The van der Waals surface area contributed by atoms with Crippen LogP contribution in [0.4, 0.5) is 0 Å². The Bertz CT molecular complexity index is 849. The van der Waals surface area contributed by atoms with Gasteiger partial charge in [0.15, 0.2) is 8.32 Å². The highest BCUT2D eigenvalue weighted by molar-refractivity contribution is 6.74. The molecular formula is C26H38O5Si. The molecule has 0 fully saturated rings. The quantitative estimate of drug-likeness (QED) is 0.211. The molecule has 0 aromatic heterocycles. The maximum absolute atomic E-state index is 11.7. The first-order valence-corrected chi connectivity index (χ1v) is 13.9. The normalized spacial score (nSPS) is 13.1. The van der Waals surface area contributed by atoms with Crippen LogP contribution in [0.3, 0.4) is 0 Å². The Balaban J connectivity index is 2.80. The van der Waals surface area contributed by atoms with Gasteiger partial charge in [-0.2, -0.15) is 0 Å². The third kappa shape index (κ3) is 9.49. The predicted octanol–water partition coefficient (Wildman–Crippen LogP) is 5.51. The van der Waals surface area contributed by atoms with Crippen LogP contribution in [0.25, 0.3) is 0 Å². The van der Waals surface area contributed by atoms with Gasteiger partial charge in [-0.05, 0) is 49.2 Å². The minimum atomic E-state index is -2.04. The van der Waals surface area contributed by atoms with E-state index in [0.717, 1.165) is 11.3 Å². The van der Waals surface area contributed by atoms with Gasteiger partial charge in [0.1, 0.15) is 11.9 Å². The minimum Gasteiger partial charge on any atom is -0.497 e. The number of carbonyl (C=O) groups excluding carboxylic acids is 1. The molecule has 176 valence electrons. The van der Waals surface area contributed by atoms with Crippen LogP contribution in [0.15, 0.2) is 24.3 Å². The lowest BCUT2D eigenvalue weighted by Crippen LogP contribution is -2.43. The van der Waals surface area contributed by atoms with Crippen molar-refractivity contribution in [2.75, 3.05) is 20.8 Å². The molecule has 2 unspecified atom stereocenters. The second-order valence-electron chi connectivity index (χ2n) is 8.95. The van der Waals surface area contributed by atoms with E-state index in [1.807, 2.05) is 24.3 Å². The van der Waals surface area contributed by atoms with Crippen LogP contribution in [0.2, 0.25) is 18.1 Å². The molecule has 0 N–H and O–H groups in total. The first-order valence-electron chi connectivity index (χ1n) is 11.0. The van der Waals surface area contributed by atoms with E-state index in [1.165, 1.54) is 0 Å². The second-order valence-corrected chi connectivity index (χ2v) is 13.7. The van der Waals surface area contributed by atoms with Gasteiger partial charge in [-0.1, -0.05) is 38.8 Å². The molecule has 0 spiro atoms. The van der Waals surface area contributed by atoms with Gasteiger partial charge in [-0.15, -0.1) is 11.8 Å². The number of methoxy groups -OCH3 is 2. The predicted molar refractivity (Wildman–Crippen MR) is 131 cm³/mol. The van der Waals surface area contributed by atoms with Gasteiger partial charge in [0.05, 0.1) is 19.8 Å².